The minimum atomic E-state index is -1.14. The lowest BCUT2D eigenvalue weighted by Crippen LogP contribution is -2.12. The van der Waals surface area contributed by atoms with Gasteiger partial charge in [-0.2, -0.15) is 0 Å². The Hall–Kier alpha value is -2.47. The molecule has 0 spiro atoms. The first-order valence-electron chi connectivity index (χ1n) is 6.23. The van der Waals surface area contributed by atoms with Crippen LogP contribution in [-0.4, -0.2) is 17.0 Å². The van der Waals surface area contributed by atoms with E-state index in [2.05, 4.69) is 21.2 Å². The van der Waals surface area contributed by atoms with Gasteiger partial charge in [-0.05, 0) is 42.0 Å². The lowest BCUT2D eigenvalue weighted by Gasteiger charge is -2.07. The molecule has 0 aliphatic rings. The molecule has 0 heterocycles. The standard InChI is InChI=1S/C16H11BrFNO3/c17-11-4-7-14(13(9-11)16(21)22)19-15(20)8-3-10-1-5-12(18)6-2-10/h1-9H,(H,19,20)(H,21,22)/b8-3+. The summed E-state index contributed by atoms with van der Waals surface area (Å²) in [6, 6.07) is 10.2. The average Bonchev–Trinajstić information content (AvgIpc) is 2.48. The molecule has 0 atom stereocenters. The van der Waals surface area contributed by atoms with Gasteiger partial charge in [0.2, 0.25) is 5.91 Å². The lowest BCUT2D eigenvalue weighted by molar-refractivity contribution is -0.111. The van der Waals surface area contributed by atoms with Gasteiger partial charge in [0, 0.05) is 10.5 Å². The Morgan fingerprint density at radius 3 is 2.45 bits per heavy atom. The van der Waals surface area contributed by atoms with E-state index in [0.717, 1.165) is 0 Å². The fraction of sp³-hybridized carbons (Fsp3) is 0. The summed E-state index contributed by atoms with van der Waals surface area (Å²) in [6.45, 7) is 0. The van der Waals surface area contributed by atoms with Crippen molar-refractivity contribution in [2.24, 2.45) is 0 Å². The molecule has 22 heavy (non-hydrogen) atoms. The van der Waals surface area contributed by atoms with Crippen molar-refractivity contribution in [3.8, 4) is 0 Å². The number of nitrogens with one attached hydrogen (secondary N) is 1. The zero-order valence-electron chi connectivity index (χ0n) is 11.2. The second-order valence-corrected chi connectivity index (χ2v) is 5.28. The zero-order chi connectivity index (χ0) is 16.1. The van der Waals surface area contributed by atoms with Crippen molar-refractivity contribution in [1.82, 2.24) is 0 Å². The van der Waals surface area contributed by atoms with E-state index >= 15 is 0 Å². The molecule has 0 radical (unpaired) electrons. The number of halogens is 2. The van der Waals surface area contributed by atoms with E-state index in [1.807, 2.05) is 0 Å². The SMILES string of the molecule is O=C(/C=C/c1ccc(F)cc1)Nc1ccc(Br)cc1C(=O)O. The van der Waals surface area contributed by atoms with Gasteiger partial charge in [0.1, 0.15) is 5.82 Å². The molecule has 0 aliphatic heterocycles. The molecule has 2 rings (SSSR count). The summed E-state index contributed by atoms with van der Waals surface area (Å²) in [6.07, 6.45) is 2.76. The molecule has 2 aromatic rings. The van der Waals surface area contributed by atoms with Gasteiger partial charge in [-0.25, -0.2) is 9.18 Å². The van der Waals surface area contributed by atoms with E-state index in [9.17, 15) is 14.0 Å². The summed E-state index contributed by atoms with van der Waals surface area (Å²) in [4.78, 5) is 23.0. The number of carbonyl (C=O) groups is 2. The van der Waals surface area contributed by atoms with E-state index < -0.39 is 11.9 Å². The highest BCUT2D eigenvalue weighted by atomic mass is 79.9. The summed E-state index contributed by atoms with van der Waals surface area (Å²) in [5.41, 5.74) is 0.841. The van der Waals surface area contributed by atoms with Crippen molar-refractivity contribution >= 4 is 39.6 Å². The summed E-state index contributed by atoms with van der Waals surface area (Å²) in [5, 5.41) is 11.6. The number of aromatic carboxylic acids is 1. The van der Waals surface area contributed by atoms with Crippen LogP contribution < -0.4 is 5.32 Å². The first-order chi connectivity index (χ1) is 10.5. The normalized spacial score (nSPS) is 10.6. The predicted octanol–water partition coefficient (Wildman–Crippen LogP) is 3.94. The Morgan fingerprint density at radius 2 is 1.82 bits per heavy atom. The maximum atomic E-state index is 12.8. The maximum absolute atomic E-state index is 12.8. The van der Waals surface area contributed by atoms with Gasteiger partial charge in [-0.1, -0.05) is 28.1 Å². The summed E-state index contributed by atoms with van der Waals surface area (Å²) in [7, 11) is 0. The number of carboxylic acids is 1. The largest absolute Gasteiger partial charge is 0.478 e. The van der Waals surface area contributed by atoms with Gasteiger partial charge in [0.15, 0.2) is 0 Å². The highest BCUT2D eigenvalue weighted by Gasteiger charge is 2.11. The zero-order valence-corrected chi connectivity index (χ0v) is 12.8. The Morgan fingerprint density at radius 1 is 1.14 bits per heavy atom. The third kappa shape index (κ3) is 4.26. The number of hydrogen-bond donors (Lipinski definition) is 2. The fourth-order valence-corrected chi connectivity index (χ4v) is 2.08. The van der Waals surface area contributed by atoms with Crippen molar-refractivity contribution in [3.05, 3.63) is 70.0 Å². The van der Waals surface area contributed by atoms with Crippen LogP contribution in [0, 0.1) is 5.82 Å². The molecule has 0 bridgehead atoms. The molecule has 6 heteroatoms. The molecule has 112 valence electrons. The topological polar surface area (TPSA) is 66.4 Å². The third-order valence-electron chi connectivity index (χ3n) is 2.77. The van der Waals surface area contributed by atoms with Crippen LogP contribution in [0.1, 0.15) is 15.9 Å². The number of amides is 1. The van der Waals surface area contributed by atoms with E-state index in [1.165, 1.54) is 48.6 Å². The first kappa shape index (κ1) is 15.9. The molecule has 2 aromatic carbocycles. The van der Waals surface area contributed by atoms with E-state index in [4.69, 9.17) is 5.11 Å². The molecule has 2 N–H and O–H groups in total. The van der Waals surface area contributed by atoms with Crippen LogP contribution in [0.4, 0.5) is 10.1 Å². The average molecular weight is 364 g/mol. The number of benzene rings is 2. The third-order valence-corrected chi connectivity index (χ3v) is 3.26. The minimum absolute atomic E-state index is 0.0158. The van der Waals surface area contributed by atoms with E-state index in [0.29, 0.717) is 10.0 Å². The van der Waals surface area contributed by atoms with E-state index in [1.54, 1.807) is 6.07 Å². The van der Waals surface area contributed by atoms with Crippen molar-refractivity contribution in [3.63, 3.8) is 0 Å². The van der Waals surface area contributed by atoms with Crippen LogP contribution in [0.25, 0.3) is 6.08 Å². The van der Waals surface area contributed by atoms with Gasteiger partial charge in [0.25, 0.3) is 0 Å². The first-order valence-corrected chi connectivity index (χ1v) is 7.02. The summed E-state index contributed by atoms with van der Waals surface area (Å²) in [5.74, 6) is -1.98. The summed E-state index contributed by atoms with van der Waals surface area (Å²) < 4.78 is 13.4. The van der Waals surface area contributed by atoms with Gasteiger partial charge in [0.05, 0.1) is 11.3 Å². The molecule has 0 aromatic heterocycles. The van der Waals surface area contributed by atoms with Gasteiger partial charge in [-0.15, -0.1) is 0 Å². The molecule has 0 fully saturated rings. The van der Waals surface area contributed by atoms with Crippen molar-refractivity contribution in [2.45, 2.75) is 0 Å². The second-order valence-electron chi connectivity index (χ2n) is 4.37. The number of rotatable bonds is 4. The molecular formula is C16H11BrFNO3. The highest BCUT2D eigenvalue weighted by molar-refractivity contribution is 9.10. The molecule has 0 saturated heterocycles. The quantitative estimate of drug-likeness (QED) is 0.808. The predicted molar refractivity (Wildman–Crippen MR) is 85.2 cm³/mol. The molecule has 0 unspecified atom stereocenters. The Balaban J connectivity index is 2.12. The Bertz CT molecular complexity index is 742. The second kappa shape index (κ2) is 7.00. The number of anilines is 1. The maximum Gasteiger partial charge on any atom is 0.337 e. The Labute approximate surface area is 134 Å². The van der Waals surface area contributed by atoms with E-state index in [-0.39, 0.29) is 17.1 Å². The monoisotopic (exact) mass is 363 g/mol. The molecule has 0 saturated carbocycles. The van der Waals surface area contributed by atoms with Crippen molar-refractivity contribution < 1.29 is 19.1 Å². The molecular weight excluding hydrogens is 353 g/mol. The summed E-state index contributed by atoms with van der Waals surface area (Å²) >= 11 is 3.18. The van der Waals surface area contributed by atoms with Crippen LogP contribution >= 0.6 is 15.9 Å². The fourth-order valence-electron chi connectivity index (χ4n) is 1.72. The number of hydrogen-bond acceptors (Lipinski definition) is 2. The van der Waals surface area contributed by atoms with Crippen LogP contribution in [0.3, 0.4) is 0 Å². The van der Waals surface area contributed by atoms with Gasteiger partial charge < -0.3 is 10.4 Å². The van der Waals surface area contributed by atoms with Crippen LogP contribution in [-0.2, 0) is 4.79 Å². The highest BCUT2D eigenvalue weighted by Crippen LogP contribution is 2.21. The number of carbonyl (C=O) groups excluding carboxylic acids is 1. The van der Waals surface area contributed by atoms with Crippen LogP contribution in [0.2, 0.25) is 0 Å². The molecule has 1 amide bonds. The Kier molecular flexibility index (Phi) is 5.06. The molecule has 0 aliphatic carbocycles. The van der Waals surface area contributed by atoms with Gasteiger partial charge in [-0.3, -0.25) is 4.79 Å². The molecule has 4 nitrogen and oxygen atoms in total. The minimum Gasteiger partial charge on any atom is -0.478 e. The lowest BCUT2D eigenvalue weighted by atomic mass is 10.1. The number of carboxylic acid groups (broad SMARTS) is 1. The van der Waals surface area contributed by atoms with Crippen LogP contribution in [0.5, 0.6) is 0 Å². The van der Waals surface area contributed by atoms with Crippen LogP contribution in [0.15, 0.2) is 53.0 Å². The van der Waals surface area contributed by atoms with Crippen molar-refractivity contribution in [1.29, 1.82) is 0 Å². The smallest absolute Gasteiger partial charge is 0.337 e. The van der Waals surface area contributed by atoms with Gasteiger partial charge >= 0.3 is 5.97 Å². The van der Waals surface area contributed by atoms with Crippen molar-refractivity contribution in [2.75, 3.05) is 5.32 Å².